The molecular formula is C17H19FN6. The van der Waals surface area contributed by atoms with Crippen LogP contribution in [0.4, 0.5) is 10.2 Å². The molecule has 7 heteroatoms. The maximum atomic E-state index is 13.0. The third-order valence-corrected chi connectivity index (χ3v) is 4.46. The van der Waals surface area contributed by atoms with Crippen molar-refractivity contribution in [1.82, 2.24) is 24.5 Å². The zero-order valence-electron chi connectivity index (χ0n) is 13.3. The largest absolute Gasteiger partial charge is 0.364 e. The van der Waals surface area contributed by atoms with E-state index in [-0.39, 0.29) is 5.82 Å². The lowest BCUT2D eigenvalue weighted by Crippen LogP contribution is -2.38. The van der Waals surface area contributed by atoms with Crippen molar-refractivity contribution in [2.45, 2.75) is 25.4 Å². The molecule has 4 rings (SSSR count). The van der Waals surface area contributed by atoms with Crippen LogP contribution in [0.25, 0.3) is 5.65 Å². The molecule has 1 N–H and O–H groups in total. The average Bonchev–Trinajstić information content (AvgIpc) is 3.08. The third-order valence-electron chi connectivity index (χ3n) is 4.46. The van der Waals surface area contributed by atoms with Gasteiger partial charge in [0.25, 0.3) is 0 Å². The van der Waals surface area contributed by atoms with Crippen molar-refractivity contribution in [3.8, 4) is 0 Å². The lowest BCUT2D eigenvalue weighted by atomic mass is 10.0. The van der Waals surface area contributed by atoms with Gasteiger partial charge >= 0.3 is 0 Å². The van der Waals surface area contributed by atoms with Crippen molar-refractivity contribution in [3.63, 3.8) is 0 Å². The summed E-state index contributed by atoms with van der Waals surface area (Å²) in [4.78, 5) is 6.78. The number of piperidine rings is 1. The Labute approximate surface area is 139 Å². The molecule has 1 aromatic carbocycles. The molecule has 6 nitrogen and oxygen atoms in total. The van der Waals surface area contributed by atoms with Gasteiger partial charge in [0.1, 0.15) is 12.1 Å². The Hall–Kier alpha value is -2.54. The fourth-order valence-corrected chi connectivity index (χ4v) is 3.14. The molecule has 2 aromatic heterocycles. The van der Waals surface area contributed by atoms with Gasteiger partial charge in [-0.3, -0.25) is 9.30 Å². The minimum absolute atomic E-state index is 0.184. The van der Waals surface area contributed by atoms with E-state index >= 15 is 0 Å². The van der Waals surface area contributed by atoms with Crippen LogP contribution < -0.4 is 5.32 Å². The summed E-state index contributed by atoms with van der Waals surface area (Å²) >= 11 is 0. The molecule has 0 aliphatic carbocycles. The van der Waals surface area contributed by atoms with Crippen LogP contribution in [0.2, 0.25) is 0 Å². The van der Waals surface area contributed by atoms with E-state index in [1.807, 2.05) is 22.7 Å². The summed E-state index contributed by atoms with van der Waals surface area (Å²) in [5.41, 5.74) is 1.91. The van der Waals surface area contributed by atoms with Gasteiger partial charge in [0.2, 0.25) is 5.65 Å². The Morgan fingerprint density at radius 2 is 1.96 bits per heavy atom. The Morgan fingerprint density at radius 3 is 2.75 bits per heavy atom. The highest BCUT2D eigenvalue weighted by molar-refractivity contribution is 5.61. The Bertz CT molecular complexity index is 807. The molecule has 3 aromatic rings. The number of nitrogens with zero attached hydrogens (tertiary/aromatic N) is 5. The van der Waals surface area contributed by atoms with Gasteiger partial charge in [-0.1, -0.05) is 12.1 Å². The van der Waals surface area contributed by atoms with Crippen LogP contribution in [0.5, 0.6) is 0 Å². The van der Waals surface area contributed by atoms with Crippen molar-refractivity contribution in [3.05, 3.63) is 54.4 Å². The van der Waals surface area contributed by atoms with Crippen LogP contribution in [0.1, 0.15) is 18.4 Å². The highest BCUT2D eigenvalue weighted by Crippen LogP contribution is 2.19. The van der Waals surface area contributed by atoms with Gasteiger partial charge in [-0.25, -0.2) is 9.37 Å². The van der Waals surface area contributed by atoms with Gasteiger partial charge in [0.15, 0.2) is 5.82 Å². The van der Waals surface area contributed by atoms with E-state index in [1.165, 1.54) is 12.1 Å². The fraction of sp³-hybridized carbons (Fsp3) is 0.353. The molecule has 1 aliphatic rings. The van der Waals surface area contributed by atoms with E-state index in [4.69, 9.17) is 0 Å². The zero-order valence-corrected chi connectivity index (χ0v) is 13.3. The second-order valence-corrected chi connectivity index (χ2v) is 6.16. The first kappa shape index (κ1) is 15.0. The van der Waals surface area contributed by atoms with Crippen LogP contribution in [0.15, 0.2) is 43.0 Å². The lowest BCUT2D eigenvalue weighted by molar-refractivity contribution is 0.211. The maximum Gasteiger partial charge on any atom is 0.203 e. The van der Waals surface area contributed by atoms with Gasteiger partial charge in [-0.2, -0.15) is 0 Å². The molecule has 3 heterocycles. The number of halogens is 1. The molecule has 0 bridgehead atoms. The average molecular weight is 326 g/mol. The first-order chi connectivity index (χ1) is 11.8. The van der Waals surface area contributed by atoms with Crippen molar-refractivity contribution < 1.29 is 4.39 Å². The van der Waals surface area contributed by atoms with E-state index in [1.54, 1.807) is 12.5 Å². The van der Waals surface area contributed by atoms with Crippen molar-refractivity contribution in [2.24, 2.45) is 0 Å². The number of nitrogens with one attached hydrogen (secondary N) is 1. The van der Waals surface area contributed by atoms with Crippen LogP contribution in [0.3, 0.4) is 0 Å². The molecule has 0 unspecified atom stereocenters. The molecule has 0 amide bonds. The summed E-state index contributed by atoms with van der Waals surface area (Å²) in [6.45, 7) is 2.88. The summed E-state index contributed by atoms with van der Waals surface area (Å²) < 4.78 is 14.8. The van der Waals surface area contributed by atoms with Crippen molar-refractivity contribution >= 4 is 11.5 Å². The molecule has 1 saturated heterocycles. The molecule has 0 saturated carbocycles. The van der Waals surface area contributed by atoms with Crippen LogP contribution >= 0.6 is 0 Å². The summed E-state index contributed by atoms with van der Waals surface area (Å²) in [7, 11) is 0. The Balaban J connectivity index is 1.34. The van der Waals surface area contributed by atoms with E-state index in [2.05, 4.69) is 25.4 Å². The molecule has 24 heavy (non-hydrogen) atoms. The summed E-state index contributed by atoms with van der Waals surface area (Å²) in [5.74, 6) is 0.601. The molecule has 124 valence electrons. The standard InChI is InChI=1S/C17H19FN6/c18-14-3-1-13(2-4-14)11-23-8-5-15(6-9-23)21-16-17-22-20-12-24(17)10-7-19-16/h1-4,7,10,12,15H,5-6,8-9,11H2,(H,19,21). The minimum atomic E-state index is -0.184. The predicted octanol–water partition coefficient (Wildman–Crippen LogP) is 2.34. The second kappa shape index (κ2) is 6.52. The van der Waals surface area contributed by atoms with E-state index < -0.39 is 0 Å². The molecular weight excluding hydrogens is 307 g/mol. The number of aromatic nitrogens is 4. The maximum absolute atomic E-state index is 13.0. The van der Waals surface area contributed by atoms with Crippen LogP contribution in [-0.4, -0.2) is 43.6 Å². The SMILES string of the molecule is Fc1ccc(CN2CCC(Nc3nccn4cnnc34)CC2)cc1. The molecule has 0 atom stereocenters. The topological polar surface area (TPSA) is 58.4 Å². The van der Waals surface area contributed by atoms with Crippen LogP contribution in [0, 0.1) is 5.82 Å². The molecule has 1 aliphatic heterocycles. The first-order valence-corrected chi connectivity index (χ1v) is 8.15. The summed E-state index contributed by atoms with van der Waals surface area (Å²) in [5, 5.41) is 11.5. The van der Waals surface area contributed by atoms with E-state index in [9.17, 15) is 4.39 Å². The number of fused-ring (bicyclic) bond motifs is 1. The summed E-state index contributed by atoms with van der Waals surface area (Å²) in [6, 6.07) is 7.14. The van der Waals surface area contributed by atoms with Crippen LogP contribution in [-0.2, 0) is 6.54 Å². The van der Waals surface area contributed by atoms with E-state index in [0.29, 0.717) is 6.04 Å². The van der Waals surface area contributed by atoms with Gasteiger partial charge in [-0.05, 0) is 30.5 Å². The minimum Gasteiger partial charge on any atom is -0.364 e. The monoisotopic (exact) mass is 326 g/mol. The normalized spacial score (nSPS) is 16.5. The molecule has 0 spiro atoms. The lowest BCUT2D eigenvalue weighted by Gasteiger charge is -2.32. The Morgan fingerprint density at radius 1 is 1.17 bits per heavy atom. The first-order valence-electron chi connectivity index (χ1n) is 8.15. The number of anilines is 1. The molecule has 0 radical (unpaired) electrons. The number of rotatable bonds is 4. The quantitative estimate of drug-likeness (QED) is 0.797. The zero-order chi connectivity index (χ0) is 16.4. The summed E-state index contributed by atoms with van der Waals surface area (Å²) in [6.07, 6.45) is 7.35. The van der Waals surface area contributed by atoms with E-state index in [0.717, 1.165) is 49.5 Å². The Kier molecular flexibility index (Phi) is 4.08. The van der Waals surface area contributed by atoms with Gasteiger partial charge in [0.05, 0.1) is 0 Å². The number of benzene rings is 1. The second-order valence-electron chi connectivity index (χ2n) is 6.16. The van der Waals surface area contributed by atoms with Crippen molar-refractivity contribution in [1.29, 1.82) is 0 Å². The molecule has 1 fully saturated rings. The highest BCUT2D eigenvalue weighted by atomic mass is 19.1. The van der Waals surface area contributed by atoms with Gasteiger partial charge in [0, 0.05) is 38.1 Å². The smallest absolute Gasteiger partial charge is 0.203 e. The van der Waals surface area contributed by atoms with Gasteiger partial charge in [-0.15, -0.1) is 10.2 Å². The predicted molar refractivity (Wildman–Crippen MR) is 89.1 cm³/mol. The number of hydrogen-bond acceptors (Lipinski definition) is 5. The van der Waals surface area contributed by atoms with Crippen molar-refractivity contribution in [2.75, 3.05) is 18.4 Å². The highest BCUT2D eigenvalue weighted by Gasteiger charge is 2.20. The number of likely N-dealkylation sites (tertiary alicyclic amines) is 1. The van der Waals surface area contributed by atoms with Gasteiger partial charge < -0.3 is 5.32 Å². The number of hydrogen-bond donors (Lipinski definition) is 1. The third kappa shape index (κ3) is 3.21. The fourth-order valence-electron chi connectivity index (χ4n) is 3.14.